The summed E-state index contributed by atoms with van der Waals surface area (Å²) < 4.78 is 5.15. The average molecular weight is 437 g/mol. The lowest BCUT2D eigenvalue weighted by molar-refractivity contribution is -0.135. The highest BCUT2D eigenvalue weighted by atomic mass is 16.5. The van der Waals surface area contributed by atoms with Gasteiger partial charge >= 0.3 is 0 Å². The van der Waals surface area contributed by atoms with Crippen molar-refractivity contribution in [1.29, 1.82) is 0 Å². The van der Waals surface area contributed by atoms with E-state index in [2.05, 4.69) is 5.32 Å². The van der Waals surface area contributed by atoms with E-state index in [4.69, 9.17) is 4.74 Å². The van der Waals surface area contributed by atoms with Gasteiger partial charge in [-0.3, -0.25) is 14.4 Å². The van der Waals surface area contributed by atoms with E-state index in [0.717, 1.165) is 11.3 Å². The van der Waals surface area contributed by atoms with Gasteiger partial charge in [0.1, 0.15) is 11.8 Å². The standard InChI is InChI=1S/C26H32N2O4/c1-17(2)23(27-25(30)21-7-5-6-18(3)16-21)26(31)28-14-12-20(13-15-28)24(29)19-8-10-22(32-4)11-9-19/h5-11,16-17,20,23H,12-15H2,1-4H3,(H,27,30)/t23-/m0/s1. The lowest BCUT2D eigenvalue weighted by Gasteiger charge is -2.35. The lowest BCUT2D eigenvalue weighted by atomic mass is 9.88. The molecule has 0 spiro atoms. The number of nitrogens with zero attached hydrogens (tertiary/aromatic N) is 1. The van der Waals surface area contributed by atoms with Crippen molar-refractivity contribution in [2.75, 3.05) is 20.2 Å². The lowest BCUT2D eigenvalue weighted by Crippen LogP contribution is -2.53. The molecule has 3 rings (SSSR count). The quantitative estimate of drug-likeness (QED) is 0.669. The second kappa shape index (κ2) is 10.4. The van der Waals surface area contributed by atoms with Gasteiger partial charge in [0.25, 0.3) is 5.91 Å². The van der Waals surface area contributed by atoms with E-state index < -0.39 is 6.04 Å². The maximum Gasteiger partial charge on any atom is 0.251 e. The minimum absolute atomic E-state index is 0.0464. The van der Waals surface area contributed by atoms with E-state index in [1.54, 1.807) is 42.3 Å². The maximum atomic E-state index is 13.2. The highest BCUT2D eigenvalue weighted by Gasteiger charge is 2.33. The second-order valence-corrected chi connectivity index (χ2v) is 8.76. The number of carbonyl (C=O) groups excluding carboxylic acids is 3. The van der Waals surface area contributed by atoms with Crippen molar-refractivity contribution in [3.8, 4) is 5.75 Å². The Kier molecular flexibility index (Phi) is 7.67. The van der Waals surface area contributed by atoms with Gasteiger partial charge in [0, 0.05) is 30.1 Å². The Morgan fingerprint density at radius 2 is 1.66 bits per heavy atom. The molecule has 6 nitrogen and oxygen atoms in total. The Balaban J connectivity index is 1.60. The first kappa shape index (κ1) is 23.5. The summed E-state index contributed by atoms with van der Waals surface area (Å²) in [5.74, 6) is 0.339. The number of rotatable bonds is 7. The predicted octanol–water partition coefficient (Wildman–Crippen LogP) is 3.88. The number of ether oxygens (including phenoxy) is 1. The molecular weight excluding hydrogens is 404 g/mol. The molecule has 0 aromatic heterocycles. The molecule has 6 heteroatoms. The van der Waals surface area contributed by atoms with Gasteiger partial charge in [-0.15, -0.1) is 0 Å². The van der Waals surface area contributed by atoms with Crippen LogP contribution in [-0.4, -0.2) is 48.7 Å². The molecule has 2 aromatic carbocycles. The van der Waals surface area contributed by atoms with Crippen LogP contribution in [0, 0.1) is 18.8 Å². The number of ketones is 1. The SMILES string of the molecule is COc1ccc(C(=O)C2CCN(C(=O)[C@@H](NC(=O)c3cccc(C)c3)C(C)C)CC2)cc1. The molecule has 0 radical (unpaired) electrons. The van der Waals surface area contributed by atoms with Crippen LogP contribution in [0.4, 0.5) is 0 Å². The van der Waals surface area contributed by atoms with Crippen molar-refractivity contribution in [1.82, 2.24) is 10.2 Å². The minimum atomic E-state index is -0.600. The van der Waals surface area contributed by atoms with Gasteiger partial charge in [-0.2, -0.15) is 0 Å². The van der Waals surface area contributed by atoms with E-state index in [1.165, 1.54) is 0 Å². The summed E-state index contributed by atoms with van der Waals surface area (Å²) in [5, 5.41) is 2.92. The van der Waals surface area contributed by atoms with Crippen LogP contribution in [0.1, 0.15) is 53.0 Å². The van der Waals surface area contributed by atoms with Crippen molar-refractivity contribution in [3.63, 3.8) is 0 Å². The van der Waals surface area contributed by atoms with E-state index in [-0.39, 0.29) is 29.4 Å². The molecule has 2 amide bonds. The molecule has 2 aromatic rings. The number of hydrogen-bond donors (Lipinski definition) is 1. The summed E-state index contributed by atoms with van der Waals surface area (Å²) in [6, 6.07) is 13.9. The number of aryl methyl sites for hydroxylation is 1. The molecular formula is C26H32N2O4. The summed E-state index contributed by atoms with van der Waals surface area (Å²) in [4.78, 5) is 40.5. The molecule has 170 valence electrons. The second-order valence-electron chi connectivity index (χ2n) is 8.76. The molecule has 1 aliphatic heterocycles. The Morgan fingerprint density at radius 1 is 1.00 bits per heavy atom. The summed E-state index contributed by atoms with van der Waals surface area (Å²) in [7, 11) is 1.59. The molecule has 0 bridgehead atoms. The maximum absolute atomic E-state index is 13.2. The van der Waals surface area contributed by atoms with E-state index in [1.807, 2.05) is 39.0 Å². The minimum Gasteiger partial charge on any atom is -0.497 e. The molecule has 1 atom stereocenters. The summed E-state index contributed by atoms with van der Waals surface area (Å²) in [5.41, 5.74) is 2.21. The van der Waals surface area contributed by atoms with Crippen LogP contribution in [0.3, 0.4) is 0 Å². The zero-order chi connectivity index (χ0) is 23.3. The zero-order valence-electron chi connectivity index (χ0n) is 19.3. The molecule has 1 saturated heterocycles. The summed E-state index contributed by atoms with van der Waals surface area (Å²) >= 11 is 0. The molecule has 1 aliphatic rings. The number of likely N-dealkylation sites (tertiary alicyclic amines) is 1. The largest absolute Gasteiger partial charge is 0.497 e. The van der Waals surface area contributed by atoms with Crippen molar-refractivity contribution in [2.45, 2.75) is 39.7 Å². The number of benzene rings is 2. The smallest absolute Gasteiger partial charge is 0.251 e. The van der Waals surface area contributed by atoms with Crippen LogP contribution < -0.4 is 10.1 Å². The third-order valence-electron chi connectivity index (χ3n) is 6.05. The first-order valence-electron chi connectivity index (χ1n) is 11.1. The van der Waals surface area contributed by atoms with Gasteiger partial charge < -0.3 is 15.0 Å². The number of hydrogen-bond acceptors (Lipinski definition) is 4. The number of piperidine rings is 1. The first-order chi connectivity index (χ1) is 15.3. The highest BCUT2D eigenvalue weighted by molar-refractivity contribution is 5.99. The van der Waals surface area contributed by atoms with Crippen molar-refractivity contribution >= 4 is 17.6 Å². The molecule has 0 unspecified atom stereocenters. The Hall–Kier alpha value is -3.15. The topological polar surface area (TPSA) is 75.7 Å². The molecule has 1 fully saturated rings. The number of Topliss-reactive ketones (excluding diaryl/α,β-unsaturated/α-hetero) is 1. The Morgan fingerprint density at radius 3 is 2.22 bits per heavy atom. The van der Waals surface area contributed by atoms with E-state index >= 15 is 0 Å². The van der Waals surface area contributed by atoms with Gasteiger partial charge in [-0.05, 0) is 62.1 Å². The monoisotopic (exact) mass is 436 g/mol. The van der Waals surface area contributed by atoms with Crippen LogP contribution in [0.15, 0.2) is 48.5 Å². The summed E-state index contributed by atoms with van der Waals surface area (Å²) in [6.07, 6.45) is 1.24. The number of amides is 2. The molecule has 1 heterocycles. The fourth-order valence-corrected chi connectivity index (χ4v) is 4.07. The molecule has 0 saturated carbocycles. The number of carbonyl (C=O) groups is 3. The van der Waals surface area contributed by atoms with E-state index in [0.29, 0.717) is 37.1 Å². The molecule has 0 aliphatic carbocycles. The van der Waals surface area contributed by atoms with Gasteiger partial charge in [-0.1, -0.05) is 31.5 Å². The number of methoxy groups -OCH3 is 1. The highest BCUT2D eigenvalue weighted by Crippen LogP contribution is 2.24. The third-order valence-corrected chi connectivity index (χ3v) is 6.05. The molecule has 1 N–H and O–H groups in total. The van der Waals surface area contributed by atoms with Crippen LogP contribution in [-0.2, 0) is 4.79 Å². The van der Waals surface area contributed by atoms with Crippen LogP contribution >= 0.6 is 0 Å². The summed E-state index contributed by atoms with van der Waals surface area (Å²) in [6.45, 7) is 6.81. The van der Waals surface area contributed by atoms with Crippen LogP contribution in [0.2, 0.25) is 0 Å². The Bertz CT molecular complexity index is 960. The fraction of sp³-hybridized carbons (Fsp3) is 0.423. The predicted molar refractivity (Wildman–Crippen MR) is 124 cm³/mol. The van der Waals surface area contributed by atoms with Crippen LogP contribution in [0.5, 0.6) is 5.75 Å². The zero-order valence-corrected chi connectivity index (χ0v) is 19.3. The van der Waals surface area contributed by atoms with Crippen LogP contribution in [0.25, 0.3) is 0 Å². The van der Waals surface area contributed by atoms with Gasteiger partial charge in [0.05, 0.1) is 7.11 Å². The van der Waals surface area contributed by atoms with Gasteiger partial charge in [0.15, 0.2) is 5.78 Å². The van der Waals surface area contributed by atoms with Gasteiger partial charge in [0.2, 0.25) is 5.91 Å². The van der Waals surface area contributed by atoms with E-state index in [9.17, 15) is 14.4 Å². The van der Waals surface area contributed by atoms with Crippen molar-refractivity contribution < 1.29 is 19.1 Å². The Labute approximate surface area is 189 Å². The molecule has 32 heavy (non-hydrogen) atoms. The van der Waals surface area contributed by atoms with Crippen molar-refractivity contribution in [3.05, 3.63) is 65.2 Å². The first-order valence-corrected chi connectivity index (χ1v) is 11.1. The third kappa shape index (κ3) is 5.55. The number of nitrogens with one attached hydrogen (secondary N) is 1. The van der Waals surface area contributed by atoms with Crippen molar-refractivity contribution in [2.24, 2.45) is 11.8 Å². The normalized spacial score (nSPS) is 15.3. The average Bonchev–Trinajstić information content (AvgIpc) is 2.81. The van der Waals surface area contributed by atoms with Gasteiger partial charge in [-0.25, -0.2) is 0 Å². The fourth-order valence-electron chi connectivity index (χ4n) is 4.07.